The molecular weight excluding hydrogens is 437 g/mol. The zero-order valence-corrected chi connectivity index (χ0v) is 19.0. The monoisotopic (exact) mass is 463 g/mol. The lowest BCUT2D eigenvalue weighted by Gasteiger charge is -2.25. The van der Waals surface area contributed by atoms with E-state index >= 15 is 0 Å². The smallest absolute Gasteiger partial charge is 0.295 e. The molecule has 1 fully saturated rings. The predicted octanol–water partition coefficient (Wildman–Crippen LogP) is 4.32. The lowest BCUT2D eigenvalue weighted by molar-refractivity contribution is -0.140. The molecule has 1 amide bonds. The number of amides is 1. The van der Waals surface area contributed by atoms with Crippen molar-refractivity contribution in [3.05, 3.63) is 89.8 Å². The van der Waals surface area contributed by atoms with Crippen LogP contribution in [0.1, 0.15) is 37.4 Å². The molecule has 3 aromatic rings. The maximum absolute atomic E-state index is 14.8. The van der Waals surface area contributed by atoms with Gasteiger partial charge in [0.1, 0.15) is 17.3 Å². The van der Waals surface area contributed by atoms with Crippen LogP contribution in [0.2, 0.25) is 0 Å². The van der Waals surface area contributed by atoms with Gasteiger partial charge in [-0.15, -0.1) is 0 Å². The summed E-state index contributed by atoms with van der Waals surface area (Å²) in [4.78, 5) is 31.4. The van der Waals surface area contributed by atoms with Crippen LogP contribution < -0.4 is 4.74 Å². The van der Waals surface area contributed by atoms with E-state index in [-0.39, 0.29) is 29.5 Å². The number of aliphatic hydroxyl groups is 1. The Balaban J connectivity index is 1.71. The third-order valence-electron chi connectivity index (χ3n) is 5.61. The summed E-state index contributed by atoms with van der Waals surface area (Å²) in [5, 5.41) is 11.1. The molecule has 1 saturated heterocycles. The fraction of sp³-hybridized carbons (Fsp3) is 0.269. The molecule has 1 aromatic heterocycles. The largest absolute Gasteiger partial charge is 0.507 e. The minimum Gasteiger partial charge on any atom is -0.507 e. The van der Waals surface area contributed by atoms with Gasteiger partial charge >= 0.3 is 0 Å². The number of benzene rings is 2. The van der Waals surface area contributed by atoms with E-state index in [4.69, 9.17) is 4.74 Å². The maximum Gasteiger partial charge on any atom is 0.295 e. The number of aliphatic hydroxyl groups excluding tert-OH is 1. The Bertz CT molecular complexity index is 1200. The number of nitrogens with zero attached hydrogens (tertiary/aromatic N) is 3. The molecule has 1 N–H and O–H groups in total. The molecule has 1 aliphatic heterocycles. The molecule has 1 atom stereocenters. The Morgan fingerprint density at radius 2 is 1.85 bits per heavy atom. The van der Waals surface area contributed by atoms with Gasteiger partial charge in [-0.2, -0.15) is 0 Å². The van der Waals surface area contributed by atoms with E-state index in [9.17, 15) is 19.1 Å². The average molecular weight is 464 g/mol. The first-order valence-corrected chi connectivity index (χ1v) is 11.1. The Hall–Kier alpha value is -3.94. The van der Waals surface area contributed by atoms with Crippen LogP contribution in [0.15, 0.2) is 72.8 Å². The van der Waals surface area contributed by atoms with Gasteiger partial charge < -0.3 is 19.3 Å². The van der Waals surface area contributed by atoms with Crippen molar-refractivity contribution >= 4 is 17.4 Å². The summed E-state index contributed by atoms with van der Waals surface area (Å²) in [5.41, 5.74) is 0.370. The minimum atomic E-state index is -1.03. The van der Waals surface area contributed by atoms with E-state index in [2.05, 4.69) is 4.98 Å². The van der Waals surface area contributed by atoms with Gasteiger partial charge in [-0.3, -0.25) is 9.59 Å². The topological polar surface area (TPSA) is 84.7 Å². The molecule has 1 aliphatic rings. The van der Waals surface area contributed by atoms with Crippen molar-refractivity contribution in [2.24, 2.45) is 0 Å². The highest BCUT2D eigenvalue weighted by Crippen LogP contribution is 2.40. The van der Waals surface area contributed by atoms with Crippen molar-refractivity contribution in [2.45, 2.75) is 39.0 Å². The second kappa shape index (κ2) is 9.91. The number of ketones is 1. The molecule has 0 saturated carbocycles. The average Bonchev–Trinajstić information content (AvgIpc) is 3.41. The van der Waals surface area contributed by atoms with Gasteiger partial charge in [0.25, 0.3) is 11.7 Å². The van der Waals surface area contributed by atoms with Gasteiger partial charge in [0.15, 0.2) is 0 Å². The molecule has 0 unspecified atom stereocenters. The molecular formula is C26H26FN3O4. The first kappa shape index (κ1) is 23.2. The molecule has 2 heterocycles. The number of carbonyl (C=O) groups excluding carboxylic acids is 2. The molecule has 4 rings (SSSR count). The first-order valence-electron chi connectivity index (χ1n) is 11.1. The van der Waals surface area contributed by atoms with E-state index in [1.807, 2.05) is 18.4 Å². The van der Waals surface area contributed by atoms with Gasteiger partial charge in [-0.25, -0.2) is 9.37 Å². The van der Waals surface area contributed by atoms with E-state index < -0.39 is 23.5 Å². The molecule has 2 aromatic carbocycles. The van der Waals surface area contributed by atoms with Crippen molar-refractivity contribution < 1.29 is 23.8 Å². The van der Waals surface area contributed by atoms with Crippen molar-refractivity contribution in [1.82, 2.24) is 14.5 Å². The summed E-state index contributed by atoms with van der Waals surface area (Å²) >= 11 is 0. The number of likely N-dealkylation sites (tertiary alicyclic amines) is 1. The number of aromatic nitrogens is 2. The number of hydrogen-bond donors (Lipinski definition) is 1. The molecule has 176 valence electrons. The van der Waals surface area contributed by atoms with Gasteiger partial charge in [0.2, 0.25) is 0 Å². The summed E-state index contributed by atoms with van der Waals surface area (Å²) in [5.74, 6) is -1.89. The Kier molecular flexibility index (Phi) is 6.77. The second-order valence-corrected chi connectivity index (χ2v) is 8.36. The molecule has 0 spiro atoms. The Morgan fingerprint density at radius 1 is 1.12 bits per heavy atom. The van der Waals surface area contributed by atoms with E-state index in [1.165, 1.54) is 23.1 Å². The fourth-order valence-electron chi connectivity index (χ4n) is 4.09. The van der Waals surface area contributed by atoms with Crippen LogP contribution in [0.5, 0.6) is 5.75 Å². The highest BCUT2D eigenvalue weighted by Gasteiger charge is 2.46. The number of aryl methyl sites for hydroxylation is 1. The number of Topliss-reactive ketones (excluding diaryl/α,β-unsaturated/α-hetero) is 1. The van der Waals surface area contributed by atoms with Crippen molar-refractivity contribution in [1.29, 1.82) is 0 Å². The SMILES string of the molecule is CC(C)Oc1ccc(/C(O)=C2\C(=O)C(=O)N(CCCn3ccnc3)[C@@H]2c2ccccc2F)cc1. The number of rotatable bonds is 8. The van der Waals surface area contributed by atoms with Crippen LogP contribution >= 0.6 is 0 Å². The van der Waals surface area contributed by atoms with Crippen molar-refractivity contribution in [3.63, 3.8) is 0 Å². The van der Waals surface area contributed by atoms with Gasteiger partial charge in [-0.05, 0) is 50.6 Å². The molecule has 0 bridgehead atoms. The van der Waals surface area contributed by atoms with Crippen LogP contribution in [-0.4, -0.2) is 43.9 Å². The second-order valence-electron chi connectivity index (χ2n) is 8.36. The number of halogens is 1. The minimum absolute atomic E-state index is 0.0202. The predicted molar refractivity (Wildman–Crippen MR) is 124 cm³/mol. The zero-order chi connectivity index (χ0) is 24.2. The van der Waals surface area contributed by atoms with Crippen LogP contribution in [0.25, 0.3) is 5.76 Å². The summed E-state index contributed by atoms with van der Waals surface area (Å²) in [6, 6.07) is 11.5. The summed E-state index contributed by atoms with van der Waals surface area (Å²) in [6.07, 6.45) is 5.62. The number of carbonyl (C=O) groups is 2. The lowest BCUT2D eigenvalue weighted by Crippen LogP contribution is -2.31. The number of hydrogen-bond acceptors (Lipinski definition) is 5. The molecule has 34 heavy (non-hydrogen) atoms. The zero-order valence-electron chi connectivity index (χ0n) is 19.0. The van der Waals surface area contributed by atoms with Gasteiger partial charge in [0, 0.05) is 36.6 Å². The summed E-state index contributed by atoms with van der Waals surface area (Å²) in [7, 11) is 0. The fourth-order valence-corrected chi connectivity index (χ4v) is 4.09. The van der Waals surface area contributed by atoms with Gasteiger partial charge in [-0.1, -0.05) is 18.2 Å². The molecule has 0 radical (unpaired) electrons. The van der Waals surface area contributed by atoms with E-state index in [0.717, 1.165) is 0 Å². The van der Waals surface area contributed by atoms with E-state index in [0.29, 0.717) is 24.3 Å². The highest BCUT2D eigenvalue weighted by molar-refractivity contribution is 6.46. The molecule has 7 nitrogen and oxygen atoms in total. The number of ether oxygens (including phenoxy) is 1. The van der Waals surface area contributed by atoms with Crippen LogP contribution in [0.4, 0.5) is 4.39 Å². The van der Waals surface area contributed by atoms with Crippen LogP contribution in [-0.2, 0) is 16.1 Å². The normalized spacial score (nSPS) is 17.5. The highest BCUT2D eigenvalue weighted by atomic mass is 19.1. The molecule has 0 aliphatic carbocycles. The first-order chi connectivity index (χ1) is 16.4. The third-order valence-corrected chi connectivity index (χ3v) is 5.61. The lowest BCUT2D eigenvalue weighted by atomic mass is 9.95. The third kappa shape index (κ3) is 4.71. The number of imidazole rings is 1. The van der Waals surface area contributed by atoms with Gasteiger partial charge in [0.05, 0.1) is 24.0 Å². The quantitative estimate of drug-likeness (QED) is 0.306. The van der Waals surface area contributed by atoms with Crippen molar-refractivity contribution in [2.75, 3.05) is 6.54 Å². The Labute approximate surface area is 197 Å². The van der Waals surface area contributed by atoms with E-state index in [1.54, 1.807) is 49.1 Å². The standard InChI is InChI=1S/C26H26FN3O4/c1-17(2)34-19-10-8-18(9-11-19)24(31)22-23(20-6-3-4-7-21(20)27)30(26(33)25(22)32)14-5-13-29-15-12-28-16-29/h3-4,6-12,15-17,23,31H,5,13-14H2,1-2H3/b24-22+/t23-/m1/s1. The maximum atomic E-state index is 14.8. The molecule has 8 heteroatoms. The van der Waals surface area contributed by atoms with Crippen LogP contribution in [0, 0.1) is 5.82 Å². The van der Waals surface area contributed by atoms with Crippen LogP contribution in [0.3, 0.4) is 0 Å². The summed E-state index contributed by atoms with van der Waals surface area (Å²) in [6.45, 7) is 4.58. The Morgan fingerprint density at radius 3 is 2.50 bits per heavy atom. The van der Waals surface area contributed by atoms with Crippen molar-refractivity contribution in [3.8, 4) is 5.75 Å². The summed E-state index contributed by atoms with van der Waals surface area (Å²) < 4.78 is 22.3.